The van der Waals surface area contributed by atoms with Crippen LogP contribution in [0.4, 0.5) is 0 Å². The SMILES string of the molecule is Cc1noc(C2COCCN2C2CN(C(=O)c3ccc(B(O)O)c(C=O)c3)C2)n1. The highest BCUT2D eigenvalue weighted by atomic mass is 16.5. The van der Waals surface area contributed by atoms with Gasteiger partial charge in [0.15, 0.2) is 5.82 Å². The molecule has 1 atom stereocenters. The molecule has 0 radical (unpaired) electrons. The molecule has 1 unspecified atom stereocenters. The van der Waals surface area contributed by atoms with E-state index in [0.717, 1.165) is 0 Å². The van der Waals surface area contributed by atoms with Crippen molar-refractivity contribution in [2.24, 2.45) is 0 Å². The third-order valence-electron chi connectivity index (χ3n) is 5.36. The van der Waals surface area contributed by atoms with E-state index in [1.165, 1.54) is 18.2 Å². The summed E-state index contributed by atoms with van der Waals surface area (Å²) < 4.78 is 10.9. The minimum absolute atomic E-state index is 0.0732. The number of aldehydes is 1. The number of amides is 1. The van der Waals surface area contributed by atoms with Crippen molar-refractivity contribution in [1.29, 1.82) is 0 Å². The largest absolute Gasteiger partial charge is 0.489 e. The molecule has 1 amide bonds. The number of morpholine rings is 1. The lowest BCUT2D eigenvalue weighted by molar-refractivity contribution is -0.0712. The van der Waals surface area contributed by atoms with Gasteiger partial charge in [-0.1, -0.05) is 11.2 Å². The Balaban J connectivity index is 1.43. The molecule has 3 heterocycles. The number of benzene rings is 1. The van der Waals surface area contributed by atoms with Gasteiger partial charge in [-0.2, -0.15) is 4.98 Å². The Bertz CT molecular complexity index is 914. The minimum Gasteiger partial charge on any atom is -0.423 e. The van der Waals surface area contributed by atoms with Gasteiger partial charge in [0, 0.05) is 36.8 Å². The van der Waals surface area contributed by atoms with E-state index < -0.39 is 7.12 Å². The number of rotatable bonds is 5. The predicted octanol–water partition coefficient (Wildman–Crippen LogP) is -1.23. The molecule has 11 heteroatoms. The van der Waals surface area contributed by atoms with E-state index in [4.69, 9.17) is 9.26 Å². The quantitative estimate of drug-likeness (QED) is 0.468. The first-order valence-electron chi connectivity index (χ1n) is 9.36. The van der Waals surface area contributed by atoms with E-state index in [-0.39, 0.29) is 29.0 Å². The van der Waals surface area contributed by atoms with Crippen LogP contribution in [0.3, 0.4) is 0 Å². The van der Waals surface area contributed by atoms with Crippen molar-refractivity contribution in [3.8, 4) is 0 Å². The average molecular weight is 400 g/mol. The lowest BCUT2D eigenvalue weighted by Gasteiger charge is -2.48. The van der Waals surface area contributed by atoms with Crippen LogP contribution in [-0.2, 0) is 4.74 Å². The van der Waals surface area contributed by atoms with Gasteiger partial charge in [-0.25, -0.2) is 0 Å². The summed E-state index contributed by atoms with van der Waals surface area (Å²) in [5.74, 6) is 0.876. The third kappa shape index (κ3) is 3.81. The lowest BCUT2D eigenvalue weighted by Crippen LogP contribution is -2.63. The fourth-order valence-electron chi connectivity index (χ4n) is 3.77. The number of aromatic nitrogens is 2. The molecule has 10 nitrogen and oxygen atoms in total. The summed E-state index contributed by atoms with van der Waals surface area (Å²) in [6.07, 6.45) is 0.509. The Morgan fingerprint density at radius 2 is 2.14 bits per heavy atom. The van der Waals surface area contributed by atoms with E-state index in [1.54, 1.807) is 11.8 Å². The summed E-state index contributed by atoms with van der Waals surface area (Å²) in [5, 5.41) is 22.4. The van der Waals surface area contributed by atoms with Gasteiger partial charge < -0.3 is 24.2 Å². The van der Waals surface area contributed by atoms with Crippen LogP contribution in [0.1, 0.15) is 38.5 Å². The number of aryl methyl sites for hydroxylation is 1. The molecule has 0 spiro atoms. The van der Waals surface area contributed by atoms with Crippen LogP contribution in [0, 0.1) is 6.92 Å². The number of likely N-dealkylation sites (tertiary alicyclic amines) is 1. The third-order valence-corrected chi connectivity index (χ3v) is 5.36. The molecule has 0 aliphatic carbocycles. The van der Waals surface area contributed by atoms with Crippen LogP contribution >= 0.6 is 0 Å². The highest BCUT2D eigenvalue weighted by molar-refractivity contribution is 6.60. The van der Waals surface area contributed by atoms with Crippen molar-refractivity contribution in [3.63, 3.8) is 0 Å². The molecule has 2 aliphatic heterocycles. The first-order valence-corrected chi connectivity index (χ1v) is 9.36. The average Bonchev–Trinajstić information content (AvgIpc) is 3.12. The van der Waals surface area contributed by atoms with Crippen molar-refractivity contribution in [2.75, 3.05) is 32.8 Å². The molecule has 2 fully saturated rings. The number of ether oxygens (including phenoxy) is 1. The van der Waals surface area contributed by atoms with Gasteiger partial charge in [0.1, 0.15) is 12.3 Å². The molecule has 1 aromatic carbocycles. The van der Waals surface area contributed by atoms with Crippen LogP contribution in [0.25, 0.3) is 0 Å². The second-order valence-electron chi connectivity index (χ2n) is 7.21. The molecule has 1 aromatic heterocycles. The maximum Gasteiger partial charge on any atom is 0.489 e. The second kappa shape index (κ2) is 8.03. The summed E-state index contributed by atoms with van der Waals surface area (Å²) >= 11 is 0. The fraction of sp³-hybridized carbons (Fsp3) is 0.444. The molecule has 0 saturated carbocycles. The van der Waals surface area contributed by atoms with E-state index >= 15 is 0 Å². The Morgan fingerprint density at radius 3 is 2.79 bits per heavy atom. The van der Waals surface area contributed by atoms with Gasteiger partial charge in [0.05, 0.1) is 13.2 Å². The zero-order valence-electron chi connectivity index (χ0n) is 15.9. The number of nitrogens with zero attached hydrogens (tertiary/aromatic N) is 4. The van der Waals surface area contributed by atoms with Crippen LogP contribution in [0.15, 0.2) is 22.7 Å². The van der Waals surface area contributed by atoms with Crippen molar-refractivity contribution >= 4 is 24.8 Å². The Labute approximate surface area is 167 Å². The number of hydrogen-bond donors (Lipinski definition) is 2. The van der Waals surface area contributed by atoms with Gasteiger partial charge in [0.25, 0.3) is 5.91 Å². The van der Waals surface area contributed by atoms with Crippen molar-refractivity contribution in [3.05, 3.63) is 41.0 Å². The number of carbonyl (C=O) groups excluding carboxylic acids is 2. The van der Waals surface area contributed by atoms with Crippen molar-refractivity contribution in [2.45, 2.75) is 19.0 Å². The standard InChI is InChI=1S/C18H21BN4O6/c1-11-20-17(29-21-11)16-10-28-5-4-23(16)14-7-22(8-14)18(25)12-2-3-15(19(26)27)13(6-12)9-24/h2-3,6,9,14,16,26-27H,4-5,7-8,10H2,1H3. The highest BCUT2D eigenvalue weighted by Crippen LogP contribution is 2.29. The van der Waals surface area contributed by atoms with Crippen LogP contribution in [-0.4, -0.2) is 88.2 Å². The zero-order chi connectivity index (χ0) is 20.5. The van der Waals surface area contributed by atoms with Crippen molar-refractivity contribution < 1.29 is 28.9 Å². The highest BCUT2D eigenvalue weighted by Gasteiger charge is 2.41. The molecular formula is C18H21BN4O6. The molecule has 4 rings (SSSR count). The normalized spacial score (nSPS) is 20.4. The number of hydrogen-bond acceptors (Lipinski definition) is 9. The fourth-order valence-corrected chi connectivity index (χ4v) is 3.77. The summed E-state index contributed by atoms with van der Waals surface area (Å²) in [6, 6.07) is 4.27. The minimum atomic E-state index is -1.76. The van der Waals surface area contributed by atoms with Crippen LogP contribution in [0.5, 0.6) is 0 Å². The van der Waals surface area contributed by atoms with E-state index in [0.29, 0.717) is 56.4 Å². The molecule has 2 N–H and O–H groups in total. The van der Waals surface area contributed by atoms with Gasteiger partial charge >= 0.3 is 7.12 Å². The topological polar surface area (TPSA) is 129 Å². The van der Waals surface area contributed by atoms with Crippen molar-refractivity contribution in [1.82, 2.24) is 19.9 Å². The monoisotopic (exact) mass is 400 g/mol. The first-order chi connectivity index (χ1) is 14.0. The van der Waals surface area contributed by atoms with Crippen LogP contribution in [0.2, 0.25) is 0 Å². The Hall–Kier alpha value is -2.60. The van der Waals surface area contributed by atoms with E-state index in [1.807, 2.05) is 0 Å². The second-order valence-corrected chi connectivity index (χ2v) is 7.21. The summed E-state index contributed by atoms with van der Waals surface area (Å²) in [5.41, 5.74) is 0.493. The van der Waals surface area contributed by atoms with E-state index in [2.05, 4.69) is 15.0 Å². The van der Waals surface area contributed by atoms with Gasteiger partial charge in [-0.05, 0) is 24.5 Å². The summed E-state index contributed by atoms with van der Waals surface area (Å²) in [4.78, 5) is 32.2. The first kappa shape index (κ1) is 19.7. The molecule has 29 heavy (non-hydrogen) atoms. The summed E-state index contributed by atoms with van der Waals surface area (Å²) in [7, 11) is -1.76. The molecular weight excluding hydrogens is 379 g/mol. The van der Waals surface area contributed by atoms with E-state index in [9.17, 15) is 19.6 Å². The van der Waals surface area contributed by atoms with Gasteiger partial charge in [-0.15, -0.1) is 0 Å². The lowest BCUT2D eigenvalue weighted by atomic mass is 9.76. The maximum atomic E-state index is 12.8. The summed E-state index contributed by atoms with van der Waals surface area (Å²) in [6.45, 7) is 4.59. The molecule has 2 saturated heterocycles. The zero-order valence-corrected chi connectivity index (χ0v) is 15.9. The van der Waals surface area contributed by atoms with Crippen LogP contribution < -0.4 is 5.46 Å². The number of carbonyl (C=O) groups is 2. The molecule has 152 valence electrons. The predicted molar refractivity (Wildman–Crippen MR) is 101 cm³/mol. The molecule has 2 aromatic rings. The maximum absolute atomic E-state index is 12.8. The van der Waals surface area contributed by atoms with Gasteiger partial charge in [-0.3, -0.25) is 14.5 Å². The van der Waals surface area contributed by atoms with Gasteiger partial charge in [0.2, 0.25) is 5.89 Å². The molecule has 0 bridgehead atoms. The molecule has 2 aliphatic rings. The Kier molecular flexibility index (Phi) is 5.46. The smallest absolute Gasteiger partial charge is 0.423 e. The Morgan fingerprint density at radius 1 is 1.34 bits per heavy atom.